The van der Waals surface area contributed by atoms with E-state index >= 15 is 0 Å². The summed E-state index contributed by atoms with van der Waals surface area (Å²) in [7, 11) is 1.62. The zero-order valence-corrected chi connectivity index (χ0v) is 10.2. The van der Waals surface area contributed by atoms with Gasteiger partial charge in [0.25, 0.3) is 0 Å². The smallest absolute Gasteiger partial charge is 0.224 e. The van der Waals surface area contributed by atoms with E-state index in [0.717, 1.165) is 11.3 Å². The predicted molar refractivity (Wildman–Crippen MR) is 67.8 cm³/mol. The van der Waals surface area contributed by atoms with Crippen molar-refractivity contribution in [2.75, 3.05) is 13.7 Å². The number of rotatable bonds is 5. The Hall–Kier alpha value is -1.95. The zero-order valence-electron chi connectivity index (χ0n) is 10.2. The molecule has 90 valence electrons. The minimum atomic E-state index is 0.0214. The molecule has 0 aliphatic heterocycles. The first-order valence-corrected chi connectivity index (χ1v) is 5.55. The molecule has 0 spiro atoms. The first-order valence-electron chi connectivity index (χ1n) is 5.55. The SMILES string of the molecule is CC#CCCNC(=O)Cc1ccc(OC)cc1. The number of ether oxygens (including phenoxy) is 1. The molecule has 0 saturated heterocycles. The predicted octanol–water partition coefficient (Wildman–Crippen LogP) is 1.77. The van der Waals surface area contributed by atoms with Crippen LogP contribution in [0, 0.1) is 11.8 Å². The van der Waals surface area contributed by atoms with E-state index in [2.05, 4.69) is 17.2 Å². The third-order valence-corrected chi connectivity index (χ3v) is 2.27. The largest absolute Gasteiger partial charge is 0.497 e. The van der Waals surface area contributed by atoms with Crippen LogP contribution in [0.25, 0.3) is 0 Å². The molecule has 1 N–H and O–H groups in total. The Bertz CT molecular complexity index is 412. The van der Waals surface area contributed by atoms with Gasteiger partial charge in [0.15, 0.2) is 0 Å². The average molecular weight is 231 g/mol. The van der Waals surface area contributed by atoms with Crippen LogP contribution in [0.2, 0.25) is 0 Å². The van der Waals surface area contributed by atoms with Gasteiger partial charge in [-0.2, -0.15) is 0 Å². The molecule has 1 rings (SSSR count). The molecule has 0 fully saturated rings. The van der Waals surface area contributed by atoms with Crippen LogP contribution in [0.5, 0.6) is 5.75 Å². The molecule has 3 heteroatoms. The van der Waals surface area contributed by atoms with Gasteiger partial charge in [0.1, 0.15) is 5.75 Å². The molecule has 1 aromatic rings. The Balaban J connectivity index is 2.36. The summed E-state index contributed by atoms with van der Waals surface area (Å²) in [5.41, 5.74) is 0.977. The van der Waals surface area contributed by atoms with E-state index in [9.17, 15) is 4.79 Å². The van der Waals surface area contributed by atoms with Gasteiger partial charge in [-0.3, -0.25) is 4.79 Å². The standard InChI is InChI=1S/C14H17NO2/c1-3-4-5-10-15-14(16)11-12-6-8-13(17-2)9-7-12/h6-9H,5,10-11H2,1-2H3,(H,15,16). The summed E-state index contributed by atoms with van der Waals surface area (Å²) in [6.07, 6.45) is 1.09. The van der Waals surface area contributed by atoms with Gasteiger partial charge in [-0.05, 0) is 24.6 Å². The lowest BCUT2D eigenvalue weighted by Gasteiger charge is -2.04. The number of methoxy groups -OCH3 is 1. The molecule has 1 amide bonds. The second-order valence-electron chi connectivity index (χ2n) is 3.55. The van der Waals surface area contributed by atoms with Gasteiger partial charge in [0, 0.05) is 13.0 Å². The van der Waals surface area contributed by atoms with Gasteiger partial charge in [-0.25, -0.2) is 0 Å². The lowest BCUT2D eigenvalue weighted by atomic mass is 10.1. The van der Waals surface area contributed by atoms with Crippen molar-refractivity contribution in [1.29, 1.82) is 0 Å². The Morgan fingerprint density at radius 2 is 2.06 bits per heavy atom. The summed E-state index contributed by atoms with van der Waals surface area (Å²) in [5.74, 6) is 6.51. The normalized spacial score (nSPS) is 9.06. The van der Waals surface area contributed by atoms with E-state index in [1.807, 2.05) is 24.3 Å². The summed E-state index contributed by atoms with van der Waals surface area (Å²) in [5, 5.41) is 2.82. The molecule has 0 bridgehead atoms. The van der Waals surface area contributed by atoms with Crippen LogP contribution in [0.4, 0.5) is 0 Å². The number of hydrogen-bond acceptors (Lipinski definition) is 2. The quantitative estimate of drug-likeness (QED) is 0.619. The molecule has 0 aromatic heterocycles. The number of carbonyl (C=O) groups excluding carboxylic acids is 1. The maximum Gasteiger partial charge on any atom is 0.224 e. The van der Waals surface area contributed by atoms with E-state index < -0.39 is 0 Å². The average Bonchev–Trinajstić information content (AvgIpc) is 2.36. The lowest BCUT2D eigenvalue weighted by Crippen LogP contribution is -2.25. The van der Waals surface area contributed by atoms with Gasteiger partial charge in [0.05, 0.1) is 13.5 Å². The third-order valence-electron chi connectivity index (χ3n) is 2.27. The molecule has 0 aliphatic rings. The maximum absolute atomic E-state index is 11.5. The van der Waals surface area contributed by atoms with Gasteiger partial charge >= 0.3 is 0 Å². The van der Waals surface area contributed by atoms with E-state index in [0.29, 0.717) is 19.4 Å². The Kier molecular flexibility index (Phi) is 5.67. The van der Waals surface area contributed by atoms with Crippen LogP contribution in [-0.2, 0) is 11.2 Å². The molecule has 0 radical (unpaired) electrons. The molecule has 0 heterocycles. The van der Waals surface area contributed by atoms with Crippen molar-refractivity contribution in [2.24, 2.45) is 0 Å². The minimum absolute atomic E-state index is 0.0214. The van der Waals surface area contributed by atoms with E-state index in [1.165, 1.54) is 0 Å². The van der Waals surface area contributed by atoms with Gasteiger partial charge in [-0.1, -0.05) is 12.1 Å². The number of amides is 1. The van der Waals surface area contributed by atoms with Crippen LogP contribution in [0.3, 0.4) is 0 Å². The van der Waals surface area contributed by atoms with Gasteiger partial charge in [0.2, 0.25) is 5.91 Å². The van der Waals surface area contributed by atoms with Crippen molar-refractivity contribution in [3.05, 3.63) is 29.8 Å². The number of nitrogens with one attached hydrogen (secondary N) is 1. The lowest BCUT2D eigenvalue weighted by molar-refractivity contribution is -0.120. The first-order chi connectivity index (χ1) is 8.26. The van der Waals surface area contributed by atoms with Crippen molar-refractivity contribution in [3.63, 3.8) is 0 Å². The van der Waals surface area contributed by atoms with Crippen LogP contribution < -0.4 is 10.1 Å². The van der Waals surface area contributed by atoms with Crippen molar-refractivity contribution in [1.82, 2.24) is 5.32 Å². The van der Waals surface area contributed by atoms with Crippen LogP contribution in [0.15, 0.2) is 24.3 Å². The van der Waals surface area contributed by atoms with E-state index in [-0.39, 0.29) is 5.91 Å². The highest BCUT2D eigenvalue weighted by molar-refractivity contribution is 5.78. The number of carbonyl (C=O) groups is 1. The highest BCUT2D eigenvalue weighted by Crippen LogP contribution is 2.11. The van der Waals surface area contributed by atoms with Crippen LogP contribution in [0.1, 0.15) is 18.9 Å². The number of benzene rings is 1. The molecule has 1 aromatic carbocycles. The van der Waals surface area contributed by atoms with Crippen molar-refractivity contribution < 1.29 is 9.53 Å². The molecule has 0 saturated carbocycles. The van der Waals surface area contributed by atoms with Crippen molar-refractivity contribution >= 4 is 5.91 Å². The second-order valence-corrected chi connectivity index (χ2v) is 3.55. The third kappa shape index (κ3) is 5.07. The zero-order chi connectivity index (χ0) is 12.5. The number of hydrogen-bond donors (Lipinski definition) is 1. The fourth-order valence-corrected chi connectivity index (χ4v) is 1.38. The van der Waals surface area contributed by atoms with Crippen LogP contribution in [-0.4, -0.2) is 19.6 Å². The highest BCUT2D eigenvalue weighted by Gasteiger charge is 2.02. The first kappa shape index (κ1) is 13.1. The summed E-state index contributed by atoms with van der Waals surface area (Å²) in [4.78, 5) is 11.5. The monoisotopic (exact) mass is 231 g/mol. The van der Waals surface area contributed by atoms with E-state index in [4.69, 9.17) is 4.74 Å². The minimum Gasteiger partial charge on any atom is -0.497 e. The van der Waals surface area contributed by atoms with E-state index in [1.54, 1.807) is 14.0 Å². The summed E-state index contributed by atoms with van der Waals surface area (Å²) in [6, 6.07) is 7.49. The Morgan fingerprint density at radius 3 is 2.65 bits per heavy atom. The molecule has 0 unspecified atom stereocenters. The summed E-state index contributed by atoms with van der Waals surface area (Å²) < 4.78 is 5.05. The summed E-state index contributed by atoms with van der Waals surface area (Å²) >= 11 is 0. The van der Waals surface area contributed by atoms with Gasteiger partial charge in [-0.15, -0.1) is 11.8 Å². The van der Waals surface area contributed by atoms with Gasteiger partial charge < -0.3 is 10.1 Å². The topological polar surface area (TPSA) is 38.3 Å². The molecule has 0 atom stereocenters. The Morgan fingerprint density at radius 1 is 1.35 bits per heavy atom. The second kappa shape index (κ2) is 7.34. The van der Waals surface area contributed by atoms with Crippen LogP contribution >= 0.6 is 0 Å². The summed E-state index contributed by atoms with van der Waals surface area (Å²) in [6.45, 7) is 2.40. The maximum atomic E-state index is 11.5. The van der Waals surface area contributed by atoms with Crippen molar-refractivity contribution in [3.8, 4) is 17.6 Å². The molecular formula is C14H17NO2. The highest BCUT2D eigenvalue weighted by atomic mass is 16.5. The molecule has 3 nitrogen and oxygen atoms in total. The molecule has 17 heavy (non-hydrogen) atoms. The van der Waals surface area contributed by atoms with Crippen molar-refractivity contribution in [2.45, 2.75) is 19.8 Å². The molecular weight excluding hydrogens is 214 g/mol. The fraction of sp³-hybridized carbons (Fsp3) is 0.357. The fourth-order valence-electron chi connectivity index (χ4n) is 1.38. The Labute approximate surface area is 102 Å². The molecule has 0 aliphatic carbocycles.